The number of hydrogen-bond donors (Lipinski definition) is 1. The van der Waals surface area contributed by atoms with Crippen molar-refractivity contribution in [2.45, 2.75) is 0 Å². The molecule has 3 aromatic rings. The van der Waals surface area contributed by atoms with Gasteiger partial charge >= 0.3 is 0 Å². The molecule has 1 N–H and O–H groups in total. The molecule has 0 atom stereocenters. The molecule has 0 heterocycles. The first-order chi connectivity index (χ1) is 9.24. The van der Waals surface area contributed by atoms with E-state index in [0.29, 0.717) is 0 Å². The van der Waals surface area contributed by atoms with Crippen molar-refractivity contribution in [1.29, 1.82) is 0 Å². The number of hydrogen-bond acceptors (Lipinski definition) is 1. The van der Waals surface area contributed by atoms with E-state index in [4.69, 9.17) is 0 Å². The number of fused-ring (bicyclic) bond motifs is 1. The van der Waals surface area contributed by atoms with Gasteiger partial charge in [-0.05, 0) is 45.7 Å². The molecule has 0 bridgehead atoms. The Morgan fingerprint density at radius 2 is 1.37 bits per heavy atom. The van der Waals surface area contributed by atoms with Gasteiger partial charge in [-0.1, -0.05) is 55.1 Å². The quantitative estimate of drug-likeness (QED) is 0.700. The Kier molecular flexibility index (Phi) is 2.81. The molecule has 0 fully saturated rings. The molecule has 1 nitrogen and oxygen atoms in total. The minimum absolute atomic E-state index is 0.273. The summed E-state index contributed by atoms with van der Waals surface area (Å²) in [4.78, 5) is 0. The highest BCUT2D eigenvalue weighted by molar-refractivity contribution is 5.88. The zero-order valence-corrected chi connectivity index (χ0v) is 10.5. The van der Waals surface area contributed by atoms with Crippen molar-refractivity contribution in [3.8, 4) is 5.75 Å². The lowest BCUT2D eigenvalue weighted by molar-refractivity contribution is 0.475. The Labute approximate surface area is 112 Å². The normalized spacial score (nSPS) is 10.5. The van der Waals surface area contributed by atoms with Crippen molar-refractivity contribution in [2.75, 3.05) is 0 Å². The van der Waals surface area contributed by atoms with Crippen molar-refractivity contribution in [1.82, 2.24) is 0 Å². The Hall–Kier alpha value is -2.54. The Morgan fingerprint density at radius 1 is 0.737 bits per heavy atom. The van der Waals surface area contributed by atoms with Crippen LogP contribution < -0.4 is 0 Å². The molecule has 0 spiro atoms. The lowest BCUT2D eigenvalue weighted by Gasteiger charge is -2.08. The molecule has 3 rings (SSSR count). The predicted molar refractivity (Wildman–Crippen MR) is 80.2 cm³/mol. The summed E-state index contributed by atoms with van der Waals surface area (Å²) >= 11 is 0. The minimum Gasteiger partial charge on any atom is -0.508 e. The van der Waals surface area contributed by atoms with Crippen molar-refractivity contribution < 1.29 is 5.11 Å². The smallest absolute Gasteiger partial charge is 0.115 e. The third kappa shape index (κ3) is 2.23. The lowest BCUT2D eigenvalue weighted by Crippen LogP contribution is -1.86. The van der Waals surface area contributed by atoms with Gasteiger partial charge in [0.15, 0.2) is 0 Å². The molecule has 0 unspecified atom stereocenters. The molecule has 19 heavy (non-hydrogen) atoms. The van der Waals surface area contributed by atoms with E-state index in [-0.39, 0.29) is 5.75 Å². The van der Waals surface area contributed by atoms with Crippen molar-refractivity contribution >= 4 is 16.3 Å². The molecule has 0 aliphatic carbocycles. The fourth-order valence-corrected chi connectivity index (χ4v) is 2.21. The lowest BCUT2D eigenvalue weighted by atomic mass is 9.97. The van der Waals surface area contributed by atoms with Crippen molar-refractivity contribution in [3.05, 3.63) is 84.4 Å². The second kappa shape index (κ2) is 4.62. The molecule has 92 valence electrons. The molecule has 1 heteroatoms. The number of benzene rings is 3. The van der Waals surface area contributed by atoms with Crippen LogP contribution in [0.25, 0.3) is 16.3 Å². The highest BCUT2D eigenvalue weighted by Crippen LogP contribution is 2.26. The fourth-order valence-electron chi connectivity index (χ4n) is 2.21. The first-order valence-electron chi connectivity index (χ1n) is 6.21. The summed E-state index contributed by atoms with van der Waals surface area (Å²) in [5.41, 5.74) is 3.09. The van der Waals surface area contributed by atoms with E-state index in [1.807, 2.05) is 24.3 Å². The first kappa shape index (κ1) is 11.5. The highest BCUT2D eigenvalue weighted by atomic mass is 16.3. The molecule has 0 radical (unpaired) electrons. The van der Waals surface area contributed by atoms with Gasteiger partial charge in [-0.2, -0.15) is 0 Å². The summed E-state index contributed by atoms with van der Waals surface area (Å²) in [7, 11) is 0. The van der Waals surface area contributed by atoms with Gasteiger partial charge < -0.3 is 5.11 Å². The molecule has 0 saturated carbocycles. The maximum absolute atomic E-state index is 9.32. The zero-order chi connectivity index (χ0) is 13.2. The zero-order valence-electron chi connectivity index (χ0n) is 10.5. The maximum Gasteiger partial charge on any atom is 0.115 e. The average molecular weight is 246 g/mol. The summed E-state index contributed by atoms with van der Waals surface area (Å²) in [5, 5.41) is 11.8. The maximum atomic E-state index is 9.32. The Bertz CT molecular complexity index is 739. The van der Waals surface area contributed by atoms with Gasteiger partial charge in [-0.3, -0.25) is 0 Å². The largest absolute Gasteiger partial charge is 0.508 e. The number of phenolic OH excluding ortho intramolecular Hbond substituents is 1. The molecule has 0 amide bonds. The molecule has 3 aromatic carbocycles. The summed E-state index contributed by atoms with van der Waals surface area (Å²) in [5.74, 6) is 0.273. The van der Waals surface area contributed by atoms with E-state index < -0.39 is 0 Å². The van der Waals surface area contributed by atoms with Gasteiger partial charge in [0.1, 0.15) is 5.75 Å². The van der Waals surface area contributed by atoms with Crippen molar-refractivity contribution in [2.24, 2.45) is 0 Å². The van der Waals surface area contributed by atoms with Crippen LogP contribution >= 0.6 is 0 Å². The molecule has 0 aliphatic rings. The third-order valence-corrected chi connectivity index (χ3v) is 3.31. The summed E-state index contributed by atoms with van der Waals surface area (Å²) in [6.45, 7) is 4.15. The Morgan fingerprint density at radius 3 is 2.11 bits per heavy atom. The van der Waals surface area contributed by atoms with Crippen LogP contribution in [0.3, 0.4) is 0 Å². The van der Waals surface area contributed by atoms with Crippen LogP contribution in [-0.4, -0.2) is 5.11 Å². The molecule has 0 aromatic heterocycles. The van der Waals surface area contributed by atoms with Gasteiger partial charge in [0, 0.05) is 0 Å². The van der Waals surface area contributed by atoms with Crippen molar-refractivity contribution in [3.63, 3.8) is 0 Å². The van der Waals surface area contributed by atoms with Gasteiger partial charge in [0.2, 0.25) is 0 Å². The SMILES string of the molecule is C=C(c1ccc(O)cc1)c1ccc2ccccc2c1. The topological polar surface area (TPSA) is 20.2 Å². The first-order valence-corrected chi connectivity index (χ1v) is 6.21. The van der Waals surface area contributed by atoms with Crippen LogP contribution in [0.15, 0.2) is 73.3 Å². The van der Waals surface area contributed by atoms with Crippen LogP contribution in [-0.2, 0) is 0 Å². The van der Waals surface area contributed by atoms with E-state index >= 15 is 0 Å². The predicted octanol–water partition coefficient (Wildman–Crippen LogP) is 4.61. The second-order valence-corrected chi connectivity index (χ2v) is 4.59. The highest BCUT2D eigenvalue weighted by Gasteiger charge is 2.03. The second-order valence-electron chi connectivity index (χ2n) is 4.59. The van der Waals surface area contributed by atoms with Crippen LogP contribution in [0.1, 0.15) is 11.1 Å². The summed E-state index contributed by atoms with van der Waals surface area (Å²) in [6, 6.07) is 21.7. The third-order valence-electron chi connectivity index (χ3n) is 3.31. The van der Waals surface area contributed by atoms with E-state index in [9.17, 15) is 5.11 Å². The molecular weight excluding hydrogens is 232 g/mol. The van der Waals surface area contributed by atoms with E-state index in [1.54, 1.807) is 12.1 Å². The van der Waals surface area contributed by atoms with Crippen LogP contribution in [0, 0.1) is 0 Å². The number of aromatic hydroxyl groups is 1. The molecule has 0 saturated heterocycles. The monoisotopic (exact) mass is 246 g/mol. The average Bonchev–Trinajstić information content (AvgIpc) is 2.47. The van der Waals surface area contributed by atoms with Crippen LogP contribution in [0.4, 0.5) is 0 Å². The van der Waals surface area contributed by atoms with Gasteiger partial charge in [0.05, 0.1) is 0 Å². The van der Waals surface area contributed by atoms with Gasteiger partial charge in [-0.25, -0.2) is 0 Å². The fraction of sp³-hybridized carbons (Fsp3) is 0. The van der Waals surface area contributed by atoms with E-state index in [0.717, 1.165) is 16.7 Å². The van der Waals surface area contributed by atoms with Crippen LogP contribution in [0.5, 0.6) is 5.75 Å². The van der Waals surface area contributed by atoms with E-state index in [2.05, 4.69) is 36.9 Å². The molecule has 0 aliphatic heterocycles. The van der Waals surface area contributed by atoms with Crippen LogP contribution in [0.2, 0.25) is 0 Å². The number of phenols is 1. The van der Waals surface area contributed by atoms with E-state index in [1.165, 1.54) is 10.8 Å². The Balaban J connectivity index is 2.04. The number of rotatable bonds is 2. The minimum atomic E-state index is 0.273. The molecular formula is C18H14O. The summed E-state index contributed by atoms with van der Waals surface area (Å²) in [6.07, 6.45) is 0. The summed E-state index contributed by atoms with van der Waals surface area (Å²) < 4.78 is 0. The van der Waals surface area contributed by atoms with Gasteiger partial charge in [-0.15, -0.1) is 0 Å². The standard InChI is InChI=1S/C18H14O/c1-13(14-8-10-18(19)11-9-14)16-7-6-15-4-2-3-5-17(15)12-16/h2-12,19H,1H2. The van der Waals surface area contributed by atoms with Gasteiger partial charge in [0.25, 0.3) is 0 Å².